The molecule has 38 heavy (non-hydrogen) atoms. The van der Waals surface area contributed by atoms with Crippen LogP contribution in [0.4, 0.5) is 0 Å². The lowest BCUT2D eigenvalue weighted by atomic mass is 10.2. The van der Waals surface area contributed by atoms with Gasteiger partial charge in [0, 0.05) is 5.69 Å². The van der Waals surface area contributed by atoms with Crippen molar-refractivity contribution in [3.05, 3.63) is 111 Å². The third-order valence-corrected chi connectivity index (χ3v) is 5.93. The van der Waals surface area contributed by atoms with E-state index >= 15 is 0 Å². The molecule has 2 aliphatic rings. The normalized spacial score (nSPS) is 11.8. The number of nitrogens with one attached hydrogen (secondary N) is 1. The third-order valence-electron chi connectivity index (χ3n) is 5.93. The number of hydrogen-bond acceptors (Lipinski definition) is 7. The van der Waals surface area contributed by atoms with Gasteiger partial charge < -0.3 is 10.1 Å². The van der Waals surface area contributed by atoms with Crippen LogP contribution in [0, 0.1) is 0 Å². The number of fused-ring (bicyclic) bond motifs is 2. The molecule has 2 heterocycles. The van der Waals surface area contributed by atoms with Crippen molar-refractivity contribution in [2.75, 3.05) is 0 Å². The summed E-state index contributed by atoms with van der Waals surface area (Å²) in [5, 5.41) is 2.47. The van der Waals surface area contributed by atoms with Gasteiger partial charge in [0.25, 0.3) is 5.56 Å². The Hall–Kier alpha value is -5.12. The highest BCUT2D eigenvalue weighted by Gasteiger charge is 2.24. The van der Waals surface area contributed by atoms with E-state index in [-0.39, 0.29) is 18.1 Å². The number of rotatable bonds is 7. The first-order valence-electron chi connectivity index (χ1n) is 11.9. The second-order valence-electron chi connectivity index (χ2n) is 8.61. The van der Waals surface area contributed by atoms with Gasteiger partial charge in [-0.15, -0.1) is 0 Å². The van der Waals surface area contributed by atoms with Gasteiger partial charge in [-0.3, -0.25) is 14.2 Å². The monoisotopic (exact) mass is 509 g/mol. The molecule has 0 bridgehead atoms. The SMILES string of the molecule is C[C@@H](NC(=O)Cn1c(=O)nc2n(-c3ccccc3)c3ccccc3nc-2c1=O)C(=O)OCc1ccccc1. The Balaban J connectivity index is 1.42. The average Bonchev–Trinajstić information content (AvgIpc) is 2.94. The number of carbonyl (C=O) groups excluding carboxylic acids is 2. The maximum Gasteiger partial charge on any atom is 0.353 e. The first-order valence-corrected chi connectivity index (χ1v) is 11.9. The fraction of sp³-hybridized carbons (Fsp3) is 0.143. The molecule has 5 rings (SSSR count). The van der Waals surface area contributed by atoms with Crippen molar-refractivity contribution >= 4 is 22.9 Å². The van der Waals surface area contributed by atoms with E-state index in [9.17, 15) is 19.2 Å². The number of carbonyl (C=O) groups is 2. The van der Waals surface area contributed by atoms with Crippen molar-refractivity contribution in [2.24, 2.45) is 0 Å². The van der Waals surface area contributed by atoms with Gasteiger partial charge in [-0.1, -0.05) is 60.7 Å². The second-order valence-corrected chi connectivity index (χ2v) is 8.61. The molecule has 10 heteroatoms. The third kappa shape index (κ3) is 4.92. The van der Waals surface area contributed by atoms with Crippen LogP contribution in [0.5, 0.6) is 0 Å². The summed E-state index contributed by atoms with van der Waals surface area (Å²) >= 11 is 0. The zero-order valence-corrected chi connectivity index (χ0v) is 20.4. The first kappa shape index (κ1) is 24.6. The van der Waals surface area contributed by atoms with Crippen LogP contribution in [-0.2, 0) is 27.5 Å². The number of para-hydroxylation sites is 3. The highest BCUT2D eigenvalue weighted by Crippen LogP contribution is 2.24. The molecule has 0 saturated carbocycles. The summed E-state index contributed by atoms with van der Waals surface area (Å²) < 4.78 is 7.63. The number of aromatic nitrogens is 4. The maximum atomic E-state index is 13.4. The molecule has 1 atom stereocenters. The summed E-state index contributed by atoms with van der Waals surface area (Å²) in [6.07, 6.45) is 0. The van der Waals surface area contributed by atoms with Crippen LogP contribution in [-0.4, -0.2) is 37.0 Å². The number of esters is 1. The van der Waals surface area contributed by atoms with Crippen LogP contribution in [0.1, 0.15) is 12.5 Å². The van der Waals surface area contributed by atoms with Crippen LogP contribution < -0.4 is 16.6 Å². The molecule has 1 N–H and O–H groups in total. The average molecular weight is 510 g/mol. The van der Waals surface area contributed by atoms with Gasteiger partial charge in [-0.05, 0) is 36.8 Å². The maximum absolute atomic E-state index is 13.4. The van der Waals surface area contributed by atoms with Crippen molar-refractivity contribution in [1.29, 1.82) is 0 Å². The molecule has 0 aromatic heterocycles. The van der Waals surface area contributed by atoms with Gasteiger partial charge in [-0.25, -0.2) is 19.1 Å². The van der Waals surface area contributed by atoms with E-state index in [1.54, 1.807) is 16.7 Å². The van der Waals surface area contributed by atoms with E-state index in [4.69, 9.17) is 4.74 Å². The summed E-state index contributed by atoms with van der Waals surface area (Å²) in [4.78, 5) is 59.9. The summed E-state index contributed by atoms with van der Waals surface area (Å²) in [5.41, 5.74) is 0.958. The van der Waals surface area contributed by atoms with E-state index in [0.717, 1.165) is 5.56 Å². The fourth-order valence-electron chi connectivity index (χ4n) is 4.07. The quantitative estimate of drug-likeness (QED) is 0.264. The van der Waals surface area contributed by atoms with E-state index < -0.39 is 35.7 Å². The number of benzene rings is 3. The fourth-order valence-corrected chi connectivity index (χ4v) is 4.07. The molecule has 3 aromatic rings. The smallest absolute Gasteiger partial charge is 0.353 e. The molecule has 0 radical (unpaired) electrons. The Morgan fingerprint density at radius 2 is 1.55 bits per heavy atom. The number of amides is 1. The number of hydrogen-bond donors (Lipinski definition) is 1. The molecular weight excluding hydrogens is 486 g/mol. The molecule has 10 nitrogen and oxygen atoms in total. The topological polar surface area (TPSA) is 125 Å². The van der Waals surface area contributed by atoms with Crippen molar-refractivity contribution in [2.45, 2.75) is 26.1 Å². The minimum atomic E-state index is -0.993. The van der Waals surface area contributed by atoms with Crippen LogP contribution >= 0.6 is 0 Å². The summed E-state index contributed by atoms with van der Waals surface area (Å²) in [6, 6.07) is 24.5. The minimum Gasteiger partial charge on any atom is -0.459 e. The Morgan fingerprint density at radius 1 is 0.895 bits per heavy atom. The van der Waals surface area contributed by atoms with Gasteiger partial charge in [0.15, 0.2) is 11.5 Å². The summed E-state index contributed by atoms with van der Waals surface area (Å²) in [5.74, 6) is -1.28. The Morgan fingerprint density at radius 3 is 2.29 bits per heavy atom. The van der Waals surface area contributed by atoms with E-state index in [1.165, 1.54) is 6.92 Å². The molecule has 0 spiro atoms. The Labute approximate surface area is 216 Å². The number of ether oxygens (including phenoxy) is 1. The minimum absolute atomic E-state index is 0.0552. The summed E-state index contributed by atoms with van der Waals surface area (Å²) in [6.45, 7) is 0.887. The van der Waals surface area contributed by atoms with Gasteiger partial charge >= 0.3 is 11.7 Å². The van der Waals surface area contributed by atoms with Crippen LogP contribution in [0.3, 0.4) is 0 Å². The molecule has 3 aromatic carbocycles. The summed E-state index contributed by atoms with van der Waals surface area (Å²) in [7, 11) is 0. The predicted molar refractivity (Wildman–Crippen MR) is 140 cm³/mol. The Kier molecular flexibility index (Phi) is 6.77. The zero-order valence-electron chi connectivity index (χ0n) is 20.4. The van der Waals surface area contributed by atoms with Crippen LogP contribution in [0.25, 0.3) is 28.2 Å². The predicted octanol–water partition coefficient (Wildman–Crippen LogP) is 2.30. The van der Waals surface area contributed by atoms with Gasteiger partial charge in [0.05, 0.1) is 11.0 Å². The van der Waals surface area contributed by atoms with E-state index in [1.807, 2.05) is 72.8 Å². The van der Waals surface area contributed by atoms with E-state index in [0.29, 0.717) is 21.3 Å². The van der Waals surface area contributed by atoms with Gasteiger partial charge in [0.1, 0.15) is 19.2 Å². The van der Waals surface area contributed by atoms with E-state index in [2.05, 4.69) is 15.3 Å². The van der Waals surface area contributed by atoms with Crippen LogP contribution in [0.15, 0.2) is 94.5 Å². The highest BCUT2D eigenvalue weighted by atomic mass is 16.5. The molecule has 0 fully saturated rings. The molecular formula is C28H23N5O5. The standard InChI is InChI=1S/C28H23N5O5/c1-18(27(36)38-17-19-10-4-2-5-11-19)29-23(34)16-32-26(35)24-25(31-28(32)37)33(20-12-6-3-7-13-20)22-15-9-8-14-21(22)30-24/h2-15,18H,16-17H2,1H3,(H,29,34)/t18-/m1/s1. The molecule has 1 amide bonds. The highest BCUT2D eigenvalue weighted by molar-refractivity contribution is 5.84. The van der Waals surface area contributed by atoms with Crippen molar-refractivity contribution in [1.82, 2.24) is 24.4 Å². The lowest BCUT2D eigenvalue weighted by Gasteiger charge is -2.18. The molecule has 0 saturated heterocycles. The second kappa shape index (κ2) is 10.5. The largest absolute Gasteiger partial charge is 0.459 e. The lowest BCUT2D eigenvalue weighted by molar-refractivity contribution is -0.148. The van der Waals surface area contributed by atoms with Gasteiger partial charge in [0.2, 0.25) is 5.91 Å². The first-order chi connectivity index (χ1) is 18.4. The van der Waals surface area contributed by atoms with Crippen molar-refractivity contribution < 1.29 is 14.3 Å². The lowest BCUT2D eigenvalue weighted by Crippen LogP contribution is -2.46. The Bertz CT molecular complexity index is 1710. The molecule has 0 unspecified atom stereocenters. The molecule has 0 aliphatic carbocycles. The molecule has 190 valence electrons. The molecule has 2 aliphatic heterocycles. The van der Waals surface area contributed by atoms with Crippen molar-refractivity contribution in [3.63, 3.8) is 0 Å². The van der Waals surface area contributed by atoms with Gasteiger partial charge in [-0.2, -0.15) is 4.98 Å². The van der Waals surface area contributed by atoms with Crippen LogP contribution in [0.2, 0.25) is 0 Å². The van der Waals surface area contributed by atoms with Crippen molar-refractivity contribution in [3.8, 4) is 17.2 Å². The number of nitrogens with zero attached hydrogens (tertiary/aromatic N) is 4. The zero-order chi connectivity index (χ0) is 26.6.